The van der Waals surface area contributed by atoms with E-state index in [4.69, 9.17) is 5.21 Å². The Morgan fingerprint density at radius 1 is 1.17 bits per heavy atom. The number of halogens is 3. The second kappa shape index (κ2) is 8.55. The van der Waals surface area contributed by atoms with Gasteiger partial charge in [-0.05, 0) is 23.8 Å². The van der Waals surface area contributed by atoms with Crippen LogP contribution in [0, 0.1) is 10.1 Å². The van der Waals surface area contributed by atoms with Crippen molar-refractivity contribution in [2.45, 2.75) is 17.6 Å². The summed E-state index contributed by atoms with van der Waals surface area (Å²) in [6.07, 6.45) is -4.78. The lowest BCUT2D eigenvalue weighted by molar-refractivity contribution is -0.384. The van der Waals surface area contributed by atoms with Crippen LogP contribution >= 0.6 is 0 Å². The topological polar surface area (TPSA) is 130 Å². The zero-order valence-electron chi connectivity index (χ0n) is 14.5. The maximum atomic E-state index is 12.9. The summed E-state index contributed by atoms with van der Waals surface area (Å²) in [6.45, 7) is -1.38. The lowest BCUT2D eigenvalue weighted by Gasteiger charge is -2.22. The molecule has 0 radical (unpaired) electrons. The second-order valence-electron chi connectivity index (χ2n) is 5.76. The first-order valence-corrected chi connectivity index (χ1v) is 9.23. The van der Waals surface area contributed by atoms with Gasteiger partial charge in [-0.3, -0.25) is 20.1 Å². The summed E-state index contributed by atoms with van der Waals surface area (Å²) in [7, 11) is -4.59. The minimum atomic E-state index is -4.78. The summed E-state index contributed by atoms with van der Waals surface area (Å²) >= 11 is 0. The van der Waals surface area contributed by atoms with Crippen molar-refractivity contribution in [1.82, 2.24) is 9.79 Å². The van der Waals surface area contributed by atoms with Gasteiger partial charge >= 0.3 is 6.18 Å². The van der Waals surface area contributed by atoms with E-state index in [1.165, 1.54) is 17.6 Å². The van der Waals surface area contributed by atoms with Gasteiger partial charge in [0.2, 0.25) is 10.0 Å². The Morgan fingerprint density at radius 3 is 2.31 bits per heavy atom. The lowest BCUT2D eigenvalue weighted by Crippen LogP contribution is -2.39. The summed E-state index contributed by atoms with van der Waals surface area (Å²) in [5, 5.41) is 19.4. The SMILES string of the molecule is O=C(CN(Cc1ccc([N+](=O)[O-])cc1)S(=O)(=O)c1cccc(C(F)(F)F)c1)NO. The molecule has 0 heterocycles. The zero-order chi connectivity index (χ0) is 21.8. The molecule has 2 aromatic rings. The number of hydroxylamine groups is 1. The first kappa shape index (κ1) is 22.3. The minimum Gasteiger partial charge on any atom is -0.289 e. The van der Waals surface area contributed by atoms with Crippen molar-refractivity contribution in [1.29, 1.82) is 0 Å². The van der Waals surface area contributed by atoms with Crippen LogP contribution in [0.25, 0.3) is 0 Å². The molecule has 2 aromatic carbocycles. The third kappa shape index (κ3) is 5.49. The summed E-state index contributed by atoms with van der Waals surface area (Å²) in [4.78, 5) is 20.9. The second-order valence-corrected chi connectivity index (χ2v) is 7.70. The molecule has 9 nitrogen and oxygen atoms in total. The van der Waals surface area contributed by atoms with Crippen LogP contribution in [0.4, 0.5) is 18.9 Å². The Kier molecular flexibility index (Phi) is 6.56. The third-order valence-corrected chi connectivity index (χ3v) is 5.54. The van der Waals surface area contributed by atoms with Crippen LogP contribution in [-0.2, 0) is 27.5 Å². The number of alkyl halides is 3. The number of nitrogens with one attached hydrogen (secondary N) is 1. The number of benzene rings is 2. The van der Waals surface area contributed by atoms with Gasteiger partial charge in [0, 0.05) is 18.7 Å². The number of sulfonamides is 1. The molecule has 0 saturated carbocycles. The van der Waals surface area contributed by atoms with Gasteiger partial charge in [-0.25, -0.2) is 13.9 Å². The van der Waals surface area contributed by atoms with Crippen molar-refractivity contribution < 1.29 is 36.5 Å². The highest BCUT2D eigenvalue weighted by atomic mass is 32.2. The zero-order valence-corrected chi connectivity index (χ0v) is 15.3. The Labute approximate surface area is 162 Å². The minimum absolute atomic E-state index is 0.233. The van der Waals surface area contributed by atoms with Gasteiger partial charge in [0.15, 0.2) is 0 Å². The molecular formula is C16H14F3N3O6S. The first-order valence-electron chi connectivity index (χ1n) is 7.79. The fraction of sp³-hybridized carbons (Fsp3) is 0.188. The van der Waals surface area contributed by atoms with Gasteiger partial charge in [0.1, 0.15) is 0 Å². The van der Waals surface area contributed by atoms with Gasteiger partial charge in [0.05, 0.1) is 21.9 Å². The fourth-order valence-electron chi connectivity index (χ4n) is 2.33. The number of nitro groups is 1. The number of amides is 1. The molecule has 0 unspecified atom stereocenters. The number of rotatable bonds is 7. The summed E-state index contributed by atoms with van der Waals surface area (Å²) < 4.78 is 64.9. The largest absolute Gasteiger partial charge is 0.416 e. The third-order valence-electron chi connectivity index (χ3n) is 3.75. The van der Waals surface area contributed by atoms with Crippen molar-refractivity contribution in [3.05, 3.63) is 69.8 Å². The van der Waals surface area contributed by atoms with Crippen LogP contribution in [0.2, 0.25) is 0 Å². The number of carbonyl (C=O) groups excluding carboxylic acids is 1. The molecule has 0 fully saturated rings. The fourth-order valence-corrected chi connectivity index (χ4v) is 3.76. The van der Waals surface area contributed by atoms with Crippen LogP contribution in [0.1, 0.15) is 11.1 Å². The summed E-state index contributed by atoms with van der Waals surface area (Å²) in [6, 6.07) is 7.66. The Balaban J connectivity index is 2.42. The van der Waals surface area contributed by atoms with Crippen LogP contribution in [0.15, 0.2) is 53.4 Å². The summed E-state index contributed by atoms with van der Waals surface area (Å²) in [5.74, 6) is -1.12. The predicted octanol–water partition coefficient (Wildman–Crippen LogP) is 2.31. The highest BCUT2D eigenvalue weighted by Crippen LogP contribution is 2.31. The molecule has 0 aliphatic carbocycles. The molecule has 0 atom stereocenters. The van der Waals surface area contributed by atoms with Crippen LogP contribution in [-0.4, -0.2) is 35.3 Å². The van der Waals surface area contributed by atoms with Gasteiger partial charge in [-0.2, -0.15) is 17.5 Å². The molecule has 0 aliphatic heterocycles. The van der Waals surface area contributed by atoms with Crippen molar-refractivity contribution in [3.63, 3.8) is 0 Å². The molecule has 0 aromatic heterocycles. The number of non-ortho nitro benzene ring substituents is 1. The molecule has 0 aliphatic rings. The van der Waals surface area contributed by atoms with Crippen molar-refractivity contribution in [2.75, 3.05) is 6.54 Å². The van der Waals surface area contributed by atoms with E-state index in [0.717, 1.165) is 24.3 Å². The molecular weight excluding hydrogens is 419 g/mol. The van der Waals surface area contributed by atoms with Crippen LogP contribution in [0.3, 0.4) is 0 Å². The number of hydrogen-bond acceptors (Lipinski definition) is 6. The molecule has 13 heteroatoms. The average Bonchev–Trinajstić information content (AvgIpc) is 2.67. The lowest BCUT2D eigenvalue weighted by atomic mass is 10.2. The van der Waals surface area contributed by atoms with Crippen LogP contribution in [0.5, 0.6) is 0 Å². The molecule has 1 amide bonds. The van der Waals surface area contributed by atoms with Crippen molar-refractivity contribution >= 4 is 21.6 Å². The number of hydrogen-bond donors (Lipinski definition) is 2. The number of carbonyl (C=O) groups is 1. The van der Waals surface area contributed by atoms with E-state index in [1.807, 2.05) is 0 Å². The van der Waals surface area contributed by atoms with Gasteiger partial charge in [0.25, 0.3) is 11.6 Å². The van der Waals surface area contributed by atoms with Crippen LogP contribution < -0.4 is 5.48 Å². The highest BCUT2D eigenvalue weighted by molar-refractivity contribution is 7.89. The van der Waals surface area contributed by atoms with Crippen molar-refractivity contribution in [2.24, 2.45) is 0 Å². The Morgan fingerprint density at radius 2 is 1.79 bits per heavy atom. The standard InChI is InChI=1S/C16H14F3N3O6S/c17-16(18,19)12-2-1-3-14(8-12)29(27,28)21(10-15(23)20-24)9-11-4-6-13(7-5-11)22(25)26/h1-8,24H,9-10H2,(H,20,23). The molecule has 0 spiro atoms. The van der Waals surface area contributed by atoms with E-state index < -0.39 is 50.6 Å². The first-order chi connectivity index (χ1) is 13.4. The normalized spacial score (nSPS) is 12.0. The Bertz CT molecular complexity index is 1010. The molecule has 2 N–H and O–H groups in total. The van der Waals surface area contributed by atoms with E-state index in [2.05, 4.69) is 0 Å². The van der Waals surface area contributed by atoms with E-state index in [1.54, 1.807) is 0 Å². The maximum absolute atomic E-state index is 12.9. The number of nitro benzene ring substituents is 1. The van der Waals surface area contributed by atoms with Gasteiger partial charge in [-0.15, -0.1) is 0 Å². The molecule has 156 valence electrons. The highest BCUT2D eigenvalue weighted by Gasteiger charge is 2.33. The summed E-state index contributed by atoms with van der Waals surface area (Å²) in [5.41, 5.74) is 0.0339. The monoisotopic (exact) mass is 433 g/mol. The smallest absolute Gasteiger partial charge is 0.289 e. The van der Waals surface area contributed by atoms with E-state index in [-0.39, 0.29) is 11.3 Å². The average molecular weight is 433 g/mol. The molecule has 0 saturated heterocycles. The quantitative estimate of drug-likeness (QED) is 0.392. The van der Waals surface area contributed by atoms with Gasteiger partial charge < -0.3 is 0 Å². The molecule has 2 rings (SSSR count). The van der Waals surface area contributed by atoms with E-state index in [9.17, 15) is 36.5 Å². The maximum Gasteiger partial charge on any atom is 0.416 e. The van der Waals surface area contributed by atoms with E-state index >= 15 is 0 Å². The predicted molar refractivity (Wildman–Crippen MR) is 92.1 cm³/mol. The Hall–Kier alpha value is -3.03. The molecule has 0 bridgehead atoms. The number of nitrogens with zero attached hydrogens (tertiary/aromatic N) is 2. The van der Waals surface area contributed by atoms with E-state index in [0.29, 0.717) is 16.4 Å². The van der Waals surface area contributed by atoms with Gasteiger partial charge in [-0.1, -0.05) is 18.2 Å². The van der Waals surface area contributed by atoms with Crippen molar-refractivity contribution in [3.8, 4) is 0 Å². The molecule has 29 heavy (non-hydrogen) atoms.